The molecule has 1 aliphatic rings. The highest BCUT2D eigenvalue weighted by molar-refractivity contribution is 9.10. The molecule has 0 aliphatic carbocycles. The summed E-state index contributed by atoms with van der Waals surface area (Å²) < 4.78 is 6.45. The van der Waals surface area contributed by atoms with Gasteiger partial charge in [-0.1, -0.05) is 34.1 Å². The number of ether oxygens (including phenoxy) is 1. The van der Waals surface area contributed by atoms with Gasteiger partial charge in [0.15, 0.2) is 0 Å². The zero-order valence-electron chi connectivity index (χ0n) is 14.7. The minimum absolute atomic E-state index is 0.0330. The lowest BCUT2D eigenvalue weighted by Crippen LogP contribution is -2.29. The molecular weight excluding hydrogens is 408 g/mol. The second kappa shape index (κ2) is 7.56. The number of carbonyl (C=O) groups is 2. The number of esters is 1. The minimum atomic E-state index is -0.366. The van der Waals surface area contributed by atoms with Crippen LogP contribution in [0.1, 0.15) is 27.3 Å². The van der Waals surface area contributed by atoms with E-state index in [9.17, 15) is 9.59 Å². The molecule has 0 saturated carbocycles. The average molecular weight is 427 g/mol. The highest BCUT2D eigenvalue weighted by Crippen LogP contribution is 2.22. The molecule has 4 rings (SSSR count). The molecule has 2 heterocycles. The first kappa shape index (κ1) is 17.8. The number of carbonyl (C=O) groups excluding carboxylic acids is 2. The van der Waals surface area contributed by atoms with Gasteiger partial charge in [-0.3, -0.25) is 4.79 Å². The molecule has 0 radical (unpaired) electrons. The van der Waals surface area contributed by atoms with Crippen molar-refractivity contribution >= 4 is 38.7 Å². The Morgan fingerprint density at radius 3 is 2.78 bits per heavy atom. The first-order chi connectivity index (χ1) is 13.1. The molecule has 1 unspecified atom stereocenters. The topological polar surface area (TPSA) is 62.4 Å². The number of fused-ring (bicyclic) bond motifs is 1. The Morgan fingerprint density at radius 2 is 1.96 bits per heavy atom. The molecule has 1 N–H and O–H groups in total. The van der Waals surface area contributed by atoms with E-state index in [0.29, 0.717) is 31.0 Å². The second-order valence-electron chi connectivity index (χ2n) is 6.78. The quantitative estimate of drug-likeness (QED) is 0.634. The first-order valence-corrected chi connectivity index (χ1v) is 9.69. The van der Waals surface area contributed by atoms with Crippen LogP contribution in [0.2, 0.25) is 0 Å². The van der Waals surface area contributed by atoms with E-state index in [0.717, 1.165) is 21.8 Å². The standard InChI is InChI=1S/C21H19BrN2O3/c22-17-6-7-18-16(10-17)11-19(23-18)21(26)27-13-14-8-9-24(12-14)20(25)15-4-2-1-3-5-15/h1-7,10-11,14,23H,8-9,12-13H2. The van der Waals surface area contributed by atoms with Crippen molar-refractivity contribution in [1.82, 2.24) is 9.88 Å². The van der Waals surface area contributed by atoms with E-state index in [1.54, 1.807) is 6.07 Å². The van der Waals surface area contributed by atoms with Gasteiger partial charge in [0, 0.05) is 39.9 Å². The Hall–Kier alpha value is -2.60. The van der Waals surface area contributed by atoms with Crippen molar-refractivity contribution in [1.29, 1.82) is 0 Å². The fraction of sp³-hybridized carbons (Fsp3) is 0.238. The van der Waals surface area contributed by atoms with Crippen LogP contribution < -0.4 is 0 Å². The van der Waals surface area contributed by atoms with Gasteiger partial charge in [-0.2, -0.15) is 0 Å². The lowest BCUT2D eigenvalue weighted by molar-refractivity contribution is 0.0437. The largest absolute Gasteiger partial charge is 0.461 e. The van der Waals surface area contributed by atoms with Gasteiger partial charge in [-0.15, -0.1) is 0 Å². The van der Waals surface area contributed by atoms with E-state index < -0.39 is 0 Å². The van der Waals surface area contributed by atoms with Gasteiger partial charge in [0.1, 0.15) is 5.69 Å². The van der Waals surface area contributed by atoms with Crippen LogP contribution in [0.15, 0.2) is 59.1 Å². The first-order valence-electron chi connectivity index (χ1n) is 8.90. The predicted molar refractivity (Wildman–Crippen MR) is 107 cm³/mol. The van der Waals surface area contributed by atoms with Crippen LogP contribution in [0.4, 0.5) is 0 Å². The number of amides is 1. The van der Waals surface area contributed by atoms with Crippen molar-refractivity contribution in [2.45, 2.75) is 6.42 Å². The van der Waals surface area contributed by atoms with Gasteiger partial charge in [-0.05, 0) is 42.8 Å². The van der Waals surface area contributed by atoms with Crippen molar-refractivity contribution in [3.05, 3.63) is 70.3 Å². The Morgan fingerprint density at radius 1 is 1.15 bits per heavy atom. The lowest BCUT2D eigenvalue weighted by Gasteiger charge is -2.16. The van der Waals surface area contributed by atoms with Crippen LogP contribution in [-0.4, -0.2) is 41.5 Å². The summed E-state index contributed by atoms with van der Waals surface area (Å²) in [5, 5.41) is 0.955. The Balaban J connectivity index is 1.33. The number of likely N-dealkylation sites (tertiary alicyclic amines) is 1. The third kappa shape index (κ3) is 3.90. The maximum absolute atomic E-state index is 12.5. The second-order valence-corrected chi connectivity index (χ2v) is 7.70. The van der Waals surface area contributed by atoms with Crippen LogP contribution in [0, 0.1) is 5.92 Å². The minimum Gasteiger partial charge on any atom is -0.461 e. The van der Waals surface area contributed by atoms with Crippen LogP contribution in [0.5, 0.6) is 0 Å². The van der Waals surface area contributed by atoms with Crippen molar-refractivity contribution in [2.75, 3.05) is 19.7 Å². The molecule has 0 spiro atoms. The molecule has 3 aromatic rings. The highest BCUT2D eigenvalue weighted by Gasteiger charge is 2.28. The predicted octanol–water partition coefficient (Wildman–Crippen LogP) is 4.25. The summed E-state index contributed by atoms with van der Waals surface area (Å²) in [5.74, 6) is -0.166. The average Bonchev–Trinajstić information content (AvgIpc) is 3.33. The molecule has 1 aliphatic heterocycles. The molecule has 1 aromatic heterocycles. The van der Waals surface area contributed by atoms with Crippen molar-refractivity contribution < 1.29 is 14.3 Å². The Bertz CT molecular complexity index is 984. The molecule has 2 aromatic carbocycles. The van der Waals surface area contributed by atoms with E-state index >= 15 is 0 Å². The molecule has 1 amide bonds. The van der Waals surface area contributed by atoms with Crippen LogP contribution in [0.25, 0.3) is 10.9 Å². The summed E-state index contributed by atoms with van der Waals surface area (Å²) >= 11 is 3.43. The summed E-state index contributed by atoms with van der Waals surface area (Å²) in [7, 11) is 0. The monoisotopic (exact) mass is 426 g/mol. The van der Waals surface area contributed by atoms with E-state index in [4.69, 9.17) is 4.74 Å². The Kier molecular flexibility index (Phi) is 4.99. The maximum atomic E-state index is 12.5. The number of aromatic amines is 1. The van der Waals surface area contributed by atoms with E-state index in [1.165, 1.54) is 0 Å². The number of hydrogen-bond donors (Lipinski definition) is 1. The smallest absolute Gasteiger partial charge is 0.354 e. The zero-order valence-corrected chi connectivity index (χ0v) is 16.2. The summed E-state index contributed by atoms with van der Waals surface area (Å²) in [6, 6.07) is 16.8. The number of nitrogens with one attached hydrogen (secondary N) is 1. The molecular formula is C21H19BrN2O3. The molecule has 6 heteroatoms. The zero-order chi connectivity index (χ0) is 18.8. The molecule has 1 fully saturated rings. The van der Waals surface area contributed by atoms with Gasteiger partial charge in [0.25, 0.3) is 5.91 Å². The third-order valence-electron chi connectivity index (χ3n) is 4.85. The number of nitrogens with zero attached hydrogens (tertiary/aromatic N) is 1. The normalized spacial score (nSPS) is 16.6. The van der Waals surface area contributed by atoms with Gasteiger partial charge in [0.2, 0.25) is 0 Å². The number of H-pyrrole nitrogens is 1. The number of benzene rings is 2. The lowest BCUT2D eigenvalue weighted by atomic mass is 10.1. The maximum Gasteiger partial charge on any atom is 0.354 e. The van der Waals surface area contributed by atoms with Crippen LogP contribution in [-0.2, 0) is 4.74 Å². The molecule has 5 nitrogen and oxygen atoms in total. The molecule has 1 atom stereocenters. The van der Waals surface area contributed by atoms with Crippen LogP contribution in [0.3, 0.4) is 0 Å². The summed E-state index contributed by atoms with van der Waals surface area (Å²) in [6.07, 6.45) is 0.839. The van der Waals surface area contributed by atoms with Crippen LogP contribution >= 0.6 is 15.9 Å². The summed E-state index contributed by atoms with van der Waals surface area (Å²) in [4.78, 5) is 29.7. The highest BCUT2D eigenvalue weighted by atomic mass is 79.9. The molecule has 1 saturated heterocycles. The Labute approximate surface area is 165 Å². The van der Waals surface area contributed by atoms with Crippen molar-refractivity contribution in [3.8, 4) is 0 Å². The van der Waals surface area contributed by atoms with Gasteiger partial charge in [0.05, 0.1) is 6.61 Å². The summed E-state index contributed by atoms with van der Waals surface area (Å²) in [6.45, 7) is 1.62. The molecule has 27 heavy (non-hydrogen) atoms. The fourth-order valence-electron chi connectivity index (χ4n) is 3.40. The third-order valence-corrected chi connectivity index (χ3v) is 5.34. The number of aromatic nitrogens is 1. The van der Waals surface area contributed by atoms with Gasteiger partial charge >= 0.3 is 5.97 Å². The van der Waals surface area contributed by atoms with Gasteiger partial charge in [-0.25, -0.2) is 4.79 Å². The number of rotatable bonds is 4. The SMILES string of the molecule is O=C(OCC1CCN(C(=O)c2ccccc2)C1)c1cc2cc(Br)ccc2[nH]1. The van der Waals surface area contributed by atoms with Gasteiger partial charge < -0.3 is 14.6 Å². The molecule has 0 bridgehead atoms. The number of hydrogen-bond acceptors (Lipinski definition) is 3. The van der Waals surface area contributed by atoms with E-state index in [2.05, 4.69) is 20.9 Å². The number of halogens is 1. The van der Waals surface area contributed by atoms with Crippen molar-refractivity contribution in [3.63, 3.8) is 0 Å². The summed E-state index contributed by atoms with van der Waals surface area (Å²) in [5.41, 5.74) is 2.03. The molecule has 138 valence electrons. The fourth-order valence-corrected chi connectivity index (χ4v) is 3.78. The van der Waals surface area contributed by atoms with Crippen molar-refractivity contribution in [2.24, 2.45) is 5.92 Å². The van der Waals surface area contributed by atoms with E-state index in [-0.39, 0.29) is 17.8 Å². The van der Waals surface area contributed by atoms with E-state index in [1.807, 2.05) is 53.4 Å².